The van der Waals surface area contributed by atoms with Crippen molar-refractivity contribution in [2.45, 2.75) is 38.8 Å². The Morgan fingerprint density at radius 3 is 2.89 bits per heavy atom. The van der Waals surface area contributed by atoms with Gasteiger partial charge in [-0.25, -0.2) is 0 Å². The van der Waals surface area contributed by atoms with Crippen molar-refractivity contribution in [2.75, 3.05) is 31.3 Å². The molecule has 2 aliphatic heterocycles. The van der Waals surface area contributed by atoms with E-state index in [1.165, 1.54) is 0 Å². The Morgan fingerprint density at radius 2 is 2.21 bits per heavy atom. The van der Waals surface area contributed by atoms with Crippen molar-refractivity contribution < 1.29 is 9.59 Å². The minimum absolute atomic E-state index is 0.119. The third-order valence-corrected chi connectivity index (χ3v) is 4.64. The molecule has 2 saturated heterocycles. The first-order chi connectivity index (χ1) is 9.13. The summed E-state index contributed by atoms with van der Waals surface area (Å²) >= 11 is 1.68. The van der Waals surface area contributed by atoms with Gasteiger partial charge in [0.15, 0.2) is 0 Å². The van der Waals surface area contributed by atoms with Gasteiger partial charge in [-0.3, -0.25) is 9.59 Å². The Bertz CT molecular complexity index is 351. The van der Waals surface area contributed by atoms with E-state index in [4.69, 9.17) is 0 Å². The average molecular weight is 285 g/mol. The van der Waals surface area contributed by atoms with Gasteiger partial charge in [0, 0.05) is 37.8 Å². The van der Waals surface area contributed by atoms with Gasteiger partial charge in [0.25, 0.3) is 0 Å². The molecule has 0 radical (unpaired) electrons. The molecule has 0 aromatic heterocycles. The number of rotatable bonds is 3. The molecular formula is C13H23N3O2S. The lowest BCUT2D eigenvalue weighted by Gasteiger charge is -2.35. The smallest absolute Gasteiger partial charge is 0.246 e. The molecule has 0 spiro atoms. The molecule has 108 valence electrons. The molecule has 0 bridgehead atoms. The van der Waals surface area contributed by atoms with Crippen molar-refractivity contribution in [2.24, 2.45) is 0 Å². The van der Waals surface area contributed by atoms with Gasteiger partial charge >= 0.3 is 0 Å². The Labute approximate surface area is 119 Å². The lowest BCUT2D eigenvalue weighted by molar-refractivity contribution is -0.144. The maximum absolute atomic E-state index is 12.6. The number of carbonyl (C=O) groups excluding carboxylic acids is 2. The van der Waals surface area contributed by atoms with Crippen LogP contribution < -0.4 is 5.32 Å². The number of piperazine rings is 1. The van der Waals surface area contributed by atoms with Crippen LogP contribution in [0, 0.1) is 0 Å². The summed E-state index contributed by atoms with van der Waals surface area (Å²) in [6, 6.07) is 0.0981. The van der Waals surface area contributed by atoms with Crippen LogP contribution in [0.2, 0.25) is 0 Å². The number of hydrogen-bond acceptors (Lipinski definition) is 4. The van der Waals surface area contributed by atoms with Crippen LogP contribution in [-0.2, 0) is 9.59 Å². The summed E-state index contributed by atoms with van der Waals surface area (Å²) in [7, 11) is 0. The fraction of sp³-hybridized carbons (Fsp3) is 0.846. The average Bonchev–Trinajstić information content (AvgIpc) is 2.87. The molecule has 6 heteroatoms. The summed E-state index contributed by atoms with van der Waals surface area (Å²) in [5.41, 5.74) is 0. The van der Waals surface area contributed by atoms with E-state index in [0.717, 1.165) is 31.8 Å². The maximum Gasteiger partial charge on any atom is 0.246 e. The topological polar surface area (TPSA) is 52.7 Å². The van der Waals surface area contributed by atoms with Gasteiger partial charge in [-0.2, -0.15) is 0 Å². The summed E-state index contributed by atoms with van der Waals surface area (Å²) in [5.74, 6) is 1.65. The highest BCUT2D eigenvalue weighted by Gasteiger charge is 2.37. The molecule has 19 heavy (non-hydrogen) atoms. The van der Waals surface area contributed by atoms with E-state index in [1.807, 2.05) is 11.8 Å². The van der Waals surface area contributed by atoms with Gasteiger partial charge in [0.1, 0.15) is 6.04 Å². The fourth-order valence-corrected chi connectivity index (χ4v) is 3.77. The summed E-state index contributed by atoms with van der Waals surface area (Å²) in [5, 5.41) is 3.33. The normalized spacial score (nSPS) is 27.7. The summed E-state index contributed by atoms with van der Waals surface area (Å²) in [4.78, 5) is 28.3. The summed E-state index contributed by atoms with van der Waals surface area (Å²) < 4.78 is 0. The van der Waals surface area contributed by atoms with Crippen LogP contribution in [0.25, 0.3) is 0 Å². The zero-order chi connectivity index (χ0) is 13.8. The van der Waals surface area contributed by atoms with Gasteiger partial charge in [-0.15, -0.1) is 11.8 Å². The molecule has 5 nitrogen and oxygen atoms in total. The largest absolute Gasteiger partial charge is 0.338 e. The van der Waals surface area contributed by atoms with Crippen molar-refractivity contribution in [1.82, 2.24) is 15.1 Å². The summed E-state index contributed by atoms with van der Waals surface area (Å²) in [6.07, 6.45) is 1.38. The minimum Gasteiger partial charge on any atom is -0.338 e. The molecular weight excluding hydrogens is 262 g/mol. The van der Waals surface area contributed by atoms with E-state index in [9.17, 15) is 9.59 Å². The first kappa shape index (κ1) is 14.7. The molecule has 0 aromatic carbocycles. The second-order valence-corrected chi connectivity index (χ2v) is 6.27. The van der Waals surface area contributed by atoms with E-state index in [1.54, 1.807) is 16.7 Å². The van der Waals surface area contributed by atoms with Crippen LogP contribution in [0.3, 0.4) is 0 Å². The van der Waals surface area contributed by atoms with E-state index in [-0.39, 0.29) is 17.9 Å². The molecule has 2 heterocycles. The second-order valence-electron chi connectivity index (χ2n) is 5.27. The minimum atomic E-state index is -0.241. The molecule has 2 fully saturated rings. The lowest BCUT2D eigenvalue weighted by atomic mass is 10.1. The standard InChI is InChI=1S/C13H23N3O2S/c1-3-4-12(17)16-9-19-8-11(16)13(18)15-6-5-14-10(2)7-15/h10-11,14H,3-9H2,1-2H3. The monoisotopic (exact) mass is 285 g/mol. The number of amides is 2. The molecule has 2 amide bonds. The second kappa shape index (κ2) is 6.61. The van der Waals surface area contributed by atoms with Gasteiger partial charge in [0.2, 0.25) is 11.8 Å². The SMILES string of the molecule is CCCC(=O)N1CSCC1C(=O)N1CCNC(C)C1. The van der Waals surface area contributed by atoms with E-state index >= 15 is 0 Å². The van der Waals surface area contributed by atoms with Gasteiger partial charge in [-0.1, -0.05) is 6.92 Å². The molecule has 0 aliphatic carbocycles. The Hall–Kier alpha value is -0.750. The predicted molar refractivity (Wildman–Crippen MR) is 76.9 cm³/mol. The first-order valence-corrected chi connectivity index (χ1v) is 8.18. The van der Waals surface area contributed by atoms with Crippen molar-refractivity contribution in [3.05, 3.63) is 0 Å². The number of thioether (sulfide) groups is 1. The number of hydrogen-bond donors (Lipinski definition) is 1. The maximum atomic E-state index is 12.6. The molecule has 2 unspecified atom stereocenters. The Morgan fingerprint density at radius 1 is 1.42 bits per heavy atom. The Balaban J connectivity index is 1.99. The molecule has 1 N–H and O–H groups in total. The van der Waals surface area contributed by atoms with Crippen molar-refractivity contribution in [3.63, 3.8) is 0 Å². The highest BCUT2D eigenvalue weighted by molar-refractivity contribution is 7.99. The summed E-state index contributed by atoms with van der Waals surface area (Å²) in [6.45, 7) is 6.42. The fourth-order valence-electron chi connectivity index (χ4n) is 2.59. The van der Waals surface area contributed by atoms with Crippen molar-refractivity contribution in [3.8, 4) is 0 Å². The van der Waals surface area contributed by atoms with E-state index in [0.29, 0.717) is 18.3 Å². The highest BCUT2D eigenvalue weighted by atomic mass is 32.2. The van der Waals surface area contributed by atoms with Crippen LogP contribution in [0.4, 0.5) is 0 Å². The van der Waals surface area contributed by atoms with Crippen molar-refractivity contribution >= 4 is 23.6 Å². The van der Waals surface area contributed by atoms with E-state index in [2.05, 4.69) is 12.2 Å². The van der Waals surface area contributed by atoms with E-state index < -0.39 is 0 Å². The third kappa shape index (κ3) is 3.42. The van der Waals surface area contributed by atoms with Crippen LogP contribution in [0.5, 0.6) is 0 Å². The van der Waals surface area contributed by atoms with Crippen LogP contribution in [-0.4, -0.2) is 65.0 Å². The van der Waals surface area contributed by atoms with Crippen LogP contribution in [0.15, 0.2) is 0 Å². The number of nitrogens with one attached hydrogen (secondary N) is 1. The molecule has 0 saturated carbocycles. The number of carbonyl (C=O) groups is 2. The lowest BCUT2D eigenvalue weighted by Crippen LogP contribution is -2.56. The molecule has 0 aromatic rings. The van der Waals surface area contributed by atoms with Crippen molar-refractivity contribution in [1.29, 1.82) is 0 Å². The molecule has 2 rings (SSSR count). The van der Waals surface area contributed by atoms with Gasteiger partial charge in [0.05, 0.1) is 5.88 Å². The zero-order valence-corrected chi connectivity index (χ0v) is 12.5. The predicted octanol–water partition coefficient (Wildman–Crippen LogP) is 0.508. The highest BCUT2D eigenvalue weighted by Crippen LogP contribution is 2.24. The van der Waals surface area contributed by atoms with Gasteiger partial charge in [-0.05, 0) is 13.3 Å². The molecule has 2 atom stereocenters. The number of nitrogens with zero attached hydrogens (tertiary/aromatic N) is 2. The quantitative estimate of drug-likeness (QED) is 0.821. The van der Waals surface area contributed by atoms with Gasteiger partial charge < -0.3 is 15.1 Å². The molecule has 2 aliphatic rings. The van der Waals surface area contributed by atoms with Crippen LogP contribution >= 0.6 is 11.8 Å². The van der Waals surface area contributed by atoms with Crippen LogP contribution in [0.1, 0.15) is 26.7 Å². The third-order valence-electron chi connectivity index (χ3n) is 3.63. The Kier molecular flexibility index (Phi) is 5.10. The first-order valence-electron chi connectivity index (χ1n) is 7.03. The zero-order valence-electron chi connectivity index (χ0n) is 11.7.